The van der Waals surface area contributed by atoms with Gasteiger partial charge in [0.15, 0.2) is 15.6 Å². The number of thiophene rings is 1. The Labute approximate surface area is 120 Å². The summed E-state index contributed by atoms with van der Waals surface area (Å²) in [4.78, 5) is 12.3. The van der Waals surface area contributed by atoms with Gasteiger partial charge in [-0.2, -0.15) is 0 Å². The van der Waals surface area contributed by atoms with Crippen molar-refractivity contribution in [1.82, 2.24) is 0 Å². The molecule has 1 aromatic carbocycles. The molecule has 2 rings (SSSR count). The molecule has 0 saturated heterocycles. The summed E-state index contributed by atoms with van der Waals surface area (Å²) in [7, 11) is -3.51. The Morgan fingerprint density at radius 3 is 2.53 bits per heavy atom. The van der Waals surface area contributed by atoms with Crippen molar-refractivity contribution >= 4 is 38.6 Å². The van der Waals surface area contributed by atoms with Crippen LogP contribution in [0.4, 0.5) is 0 Å². The molecule has 19 heavy (non-hydrogen) atoms. The third-order valence-corrected chi connectivity index (χ3v) is 5.21. The lowest BCUT2D eigenvalue weighted by Gasteiger charge is -2.05. The molecule has 0 unspecified atom stereocenters. The van der Waals surface area contributed by atoms with Gasteiger partial charge in [0.1, 0.15) is 5.75 Å². The van der Waals surface area contributed by atoms with E-state index in [0.29, 0.717) is 15.5 Å². The van der Waals surface area contributed by atoms with Gasteiger partial charge in [0, 0.05) is 5.02 Å². The van der Waals surface area contributed by atoms with Gasteiger partial charge in [0.05, 0.1) is 10.6 Å². The second kappa shape index (κ2) is 5.86. The van der Waals surface area contributed by atoms with E-state index in [2.05, 4.69) is 0 Å². The van der Waals surface area contributed by atoms with E-state index in [1.807, 2.05) is 0 Å². The van der Waals surface area contributed by atoms with Gasteiger partial charge in [-0.25, -0.2) is 8.42 Å². The van der Waals surface area contributed by atoms with Gasteiger partial charge in [-0.1, -0.05) is 35.9 Å². The molecule has 0 aliphatic heterocycles. The first-order chi connectivity index (χ1) is 8.98. The highest BCUT2D eigenvalue weighted by atomic mass is 35.5. The average molecular weight is 315 g/mol. The zero-order valence-corrected chi connectivity index (χ0v) is 12.3. The zero-order valence-electron chi connectivity index (χ0n) is 9.87. The van der Waals surface area contributed by atoms with Crippen molar-refractivity contribution < 1.29 is 13.2 Å². The van der Waals surface area contributed by atoms with Crippen LogP contribution in [-0.4, -0.2) is 20.0 Å². The Kier molecular flexibility index (Phi) is 4.39. The van der Waals surface area contributed by atoms with Gasteiger partial charge >= 0.3 is 0 Å². The van der Waals surface area contributed by atoms with Crippen LogP contribution in [0.5, 0.6) is 0 Å². The maximum absolute atomic E-state index is 12.0. The number of rotatable bonds is 5. The van der Waals surface area contributed by atoms with E-state index in [1.165, 1.54) is 11.3 Å². The third-order valence-electron chi connectivity index (χ3n) is 2.48. The molecule has 3 nitrogen and oxygen atoms in total. The number of carbonyl (C=O) groups is 1. The quantitative estimate of drug-likeness (QED) is 0.796. The molecule has 0 aliphatic rings. The fraction of sp³-hybridized carbons (Fsp3) is 0.154. The Bertz CT molecular complexity index is 676. The van der Waals surface area contributed by atoms with E-state index >= 15 is 0 Å². The maximum atomic E-state index is 12.0. The SMILES string of the molecule is O=C(CS(=O)(=O)Cc1ccccc1Cl)c1cccs1. The predicted octanol–water partition coefficient (Wildman–Crippen LogP) is 3.20. The number of ketones is 1. The summed E-state index contributed by atoms with van der Waals surface area (Å²) < 4.78 is 24.0. The smallest absolute Gasteiger partial charge is 0.187 e. The molecular formula is C13H11ClO3S2. The van der Waals surface area contributed by atoms with Crippen LogP contribution in [0.1, 0.15) is 15.2 Å². The minimum absolute atomic E-state index is 0.218. The van der Waals surface area contributed by atoms with E-state index in [4.69, 9.17) is 11.6 Å². The lowest BCUT2D eigenvalue weighted by Crippen LogP contribution is -2.17. The number of halogens is 1. The largest absolute Gasteiger partial charge is 0.292 e. The van der Waals surface area contributed by atoms with Crippen LogP contribution >= 0.6 is 22.9 Å². The Balaban J connectivity index is 2.12. The summed E-state index contributed by atoms with van der Waals surface area (Å²) in [6.07, 6.45) is 0. The van der Waals surface area contributed by atoms with Crippen LogP contribution < -0.4 is 0 Å². The Morgan fingerprint density at radius 1 is 1.16 bits per heavy atom. The Hall–Kier alpha value is -1.17. The molecule has 0 spiro atoms. The van der Waals surface area contributed by atoms with Crippen molar-refractivity contribution in [2.75, 3.05) is 5.75 Å². The molecule has 0 bridgehead atoms. The van der Waals surface area contributed by atoms with Crippen LogP contribution in [0.25, 0.3) is 0 Å². The van der Waals surface area contributed by atoms with Crippen LogP contribution in [0, 0.1) is 0 Å². The molecule has 100 valence electrons. The van der Waals surface area contributed by atoms with Gasteiger partial charge in [-0.3, -0.25) is 4.79 Å². The van der Waals surface area contributed by atoms with Gasteiger partial charge in [0.2, 0.25) is 0 Å². The van der Waals surface area contributed by atoms with Crippen molar-refractivity contribution in [3.05, 3.63) is 57.2 Å². The average Bonchev–Trinajstić information content (AvgIpc) is 2.85. The molecule has 0 saturated carbocycles. The van der Waals surface area contributed by atoms with E-state index in [1.54, 1.807) is 41.8 Å². The van der Waals surface area contributed by atoms with Gasteiger partial charge < -0.3 is 0 Å². The molecule has 0 fully saturated rings. The summed E-state index contributed by atoms with van der Waals surface area (Å²) in [6.45, 7) is 0. The molecule has 6 heteroatoms. The van der Waals surface area contributed by atoms with Crippen LogP contribution in [0.15, 0.2) is 41.8 Å². The first kappa shape index (κ1) is 14.2. The minimum atomic E-state index is -3.51. The number of hydrogen-bond donors (Lipinski definition) is 0. The van der Waals surface area contributed by atoms with Crippen LogP contribution in [0.3, 0.4) is 0 Å². The van der Waals surface area contributed by atoms with Crippen molar-refractivity contribution in [2.45, 2.75) is 5.75 Å². The highest BCUT2D eigenvalue weighted by Gasteiger charge is 2.20. The van der Waals surface area contributed by atoms with Crippen molar-refractivity contribution in [3.63, 3.8) is 0 Å². The van der Waals surface area contributed by atoms with Crippen LogP contribution in [0.2, 0.25) is 5.02 Å². The van der Waals surface area contributed by atoms with E-state index < -0.39 is 15.6 Å². The van der Waals surface area contributed by atoms with E-state index in [9.17, 15) is 13.2 Å². The molecular weight excluding hydrogens is 304 g/mol. The monoisotopic (exact) mass is 314 g/mol. The molecule has 0 radical (unpaired) electrons. The molecule has 1 heterocycles. The second-order valence-electron chi connectivity index (χ2n) is 4.02. The minimum Gasteiger partial charge on any atom is -0.292 e. The summed E-state index contributed by atoms with van der Waals surface area (Å²) >= 11 is 7.16. The van der Waals surface area contributed by atoms with Crippen LogP contribution in [-0.2, 0) is 15.6 Å². The fourth-order valence-electron chi connectivity index (χ4n) is 1.61. The highest BCUT2D eigenvalue weighted by Crippen LogP contribution is 2.19. The molecule has 0 N–H and O–H groups in total. The third kappa shape index (κ3) is 3.89. The first-order valence-electron chi connectivity index (χ1n) is 5.48. The molecule has 1 aromatic heterocycles. The summed E-state index contributed by atoms with van der Waals surface area (Å²) in [6, 6.07) is 10.1. The van der Waals surface area contributed by atoms with Crippen molar-refractivity contribution in [2.24, 2.45) is 0 Å². The first-order valence-corrected chi connectivity index (χ1v) is 8.56. The topological polar surface area (TPSA) is 51.2 Å². The summed E-state index contributed by atoms with van der Waals surface area (Å²) in [5, 5.41) is 2.14. The van der Waals surface area contributed by atoms with E-state index in [0.717, 1.165) is 0 Å². The molecule has 2 aromatic rings. The van der Waals surface area contributed by atoms with Gasteiger partial charge in [-0.15, -0.1) is 11.3 Å². The molecule has 0 amide bonds. The van der Waals surface area contributed by atoms with Crippen molar-refractivity contribution in [3.8, 4) is 0 Å². The number of hydrogen-bond acceptors (Lipinski definition) is 4. The molecule has 0 aliphatic carbocycles. The predicted molar refractivity (Wildman–Crippen MR) is 77.6 cm³/mol. The van der Waals surface area contributed by atoms with E-state index in [-0.39, 0.29) is 11.5 Å². The second-order valence-corrected chi connectivity index (χ2v) is 7.44. The number of sulfone groups is 1. The standard InChI is InChI=1S/C13H11ClO3S2/c14-11-5-2-1-4-10(11)8-19(16,17)9-12(15)13-6-3-7-18-13/h1-7H,8-9H2. The zero-order chi connectivity index (χ0) is 13.9. The normalized spacial score (nSPS) is 11.4. The number of Topliss-reactive ketones (excluding diaryl/α,β-unsaturated/α-hetero) is 1. The highest BCUT2D eigenvalue weighted by molar-refractivity contribution is 7.91. The number of benzene rings is 1. The van der Waals surface area contributed by atoms with Gasteiger partial charge in [-0.05, 0) is 23.1 Å². The van der Waals surface area contributed by atoms with Gasteiger partial charge in [0.25, 0.3) is 0 Å². The lowest BCUT2D eigenvalue weighted by atomic mass is 10.2. The van der Waals surface area contributed by atoms with Crippen molar-refractivity contribution in [1.29, 1.82) is 0 Å². The fourth-order valence-corrected chi connectivity index (χ4v) is 4.03. The number of carbonyl (C=O) groups excluding carboxylic acids is 1. The Morgan fingerprint density at radius 2 is 1.89 bits per heavy atom. The molecule has 0 atom stereocenters. The maximum Gasteiger partial charge on any atom is 0.187 e. The lowest BCUT2D eigenvalue weighted by molar-refractivity contribution is 0.102. The summed E-state index contributed by atoms with van der Waals surface area (Å²) in [5.41, 5.74) is 0.517. The summed E-state index contributed by atoms with van der Waals surface area (Å²) in [5.74, 6) is -1.08.